The summed E-state index contributed by atoms with van der Waals surface area (Å²) in [6.07, 6.45) is 14.6. The number of nitrogens with one attached hydrogen (secondary N) is 1. The van der Waals surface area contributed by atoms with Crippen LogP contribution < -0.4 is 5.32 Å². The summed E-state index contributed by atoms with van der Waals surface area (Å²) in [6, 6.07) is 0. The van der Waals surface area contributed by atoms with Crippen LogP contribution in [-0.2, 0) is 0 Å². The average molecular weight is 253 g/mol. The van der Waals surface area contributed by atoms with E-state index in [-0.39, 0.29) is 0 Å². The molecule has 1 nitrogen and oxygen atoms in total. The summed E-state index contributed by atoms with van der Waals surface area (Å²) >= 11 is 0. The molecule has 1 aliphatic rings. The van der Waals surface area contributed by atoms with Gasteiger partial charge in [0.25, 0.3) is 0 Å². The van der Waals surface area contributed by atoms with Gasteiger partial charge < -0.3 is 5.32 Å². The Labute approximate surface area is 115 Å². The first kappa shape index (κ1) is 16.0. The van der Waals surface area contributed by atoms with Crippen LogP contribution in [0.5, 0.6) is 0 Å². The molecule has 1 rings (SSSR count). The van der Waals surface area contributed by atoms with Crippen molar-refractivity contribution in [1.29, 1.82) is 0 Å². The van der Waals surface area contributed by atoms with Gasteiger partial charge in [-0.2, -0.15) is 0 Å². The van der Waals surface area contributed by atoms with Gasteiger partial charge in [-0.05, 0) is 44.2 Å². The molecule has 0 aromatic rings. The van der Waals surface area contributed by atoms with Crippen molar-refractivity contribution in [3.05, 3.63) is 0 Å². The SMILES string of the molecule is CNCCCCCC1CCCCCC(C)C(C)C1. The van der Waals surface area contributed by atoms with Gasteiger partial charge in [0.2, 0.25) is 0 Å². The lowest BCUT2D eigenvalue weighted by Gasteiger charge is -2.23. The van der Waals surface area contributed by atoms with E-state index in [2.05, 4.69) is 26.2 Å². The zero-order valence-corrected chi connectivity index (χ0v) is 13.0. The summed E-state index contributed by atoms with van der Waals surface area (Å²) in [5.41, 5.74) is 0. The van der Waals surface area contributed by atoms with Crippen LogP contribution in [0.15, 0.2) is 0 Å². The second-order valence-electron chi connectivity index (χ2n) is 6.65. The molecule has 18 heavy (non-hydrogen) atoms. The van der Waals surface area contributed by atoms with E-state index < -0.39 is 0 Å². The third-order valence-electron chi connectivity index (χ3n) is 4.99. The molecule has 0 radical (unpaired) electrons. The number of rotatable bonds is 6. The predicted molar refractivity (Wildman–Crippen MR) is 81.9 cm³/mol. The fourth-order valence-electron chi connectivity index (χ4n) is 3.41. The van der Waals surface area contributed by atoms with Crippen LogP contribution in [0.25, 0.3) is 0 Å². The molecule has 1 fully saturated rings. The molecule has 0 aromatic heterocycles. The molecule has 0 aromatic carbocycles. The summed E-state index contributed by atoms with van der Waals surface area (Å²) in [7, 11) is 2.06. The van der Waals surface area contributed by atoms with Crippen molar-refractivity contribution in [2.24, 2.45) is 17.8 Å². The summed E-state index contributed by atoms with van der Waals surface area (Å²) in [5.74, 6) is 2.93. The summed E-state index contributed by atoms with van der Waals surface area (Å²) in [5, 5.41) is 3.25. The Morgan fingerprint density at radius 1 is 0.889 bits per heavy atom. The minimum Gasteiger partial charge on any atom is -0.320 e. The quantitative estimate of drug-likeness (QED) is 0.656. The lowest BCUT2D eigenvalue weighted by molar-refractivity contribution is 0.277. The van der Waals surface area contributed by atoms with Gasteiger partial charge in [-0.25, -0.2) is 0 Å². The molecule has 3 unspecified atom stereocenters. The van der Waals surface area contributed by atoms with E-state index >= 15 is 0 Å². The Morgan fingerprint density at radius 3 is 2.44 bits per heavy atom. The van der Waals surface area contributed by atoms with Crippen LogP contribution >= 0.6 is 0 Å². The third-order valence-corrected chi connectivity index (χ3v) is 4.99. The van der Waals surface area contributed by atoms with Crippen LogP contribution in [0.2, 0.25) is 0 Å². The van der Waals surface area contributed by atoms with Crippen molar-refractivity contribution in [3.63, 3.8) is 0 Å². The smallest absolute Gasteiger partial charge is 0.00519 e. The molecular weight excluding hydrogens is 218 g/mol. The van der Waals surface area contributed by atoms with Crippen LogP contribution in [0.3, 0.4) is 0 Å². The molecule has 1 heteroatoms. The zero-order chi connectivity index (χ0) is 13.2. The maximum atomic E-state index is 3.25. The van der Waals surface area contributed by atoms with E-state index in [0.29, 0.717) is 0 Å². The van der Waals surface area contributed by atoms with Gasteiger partial charge in [0, 0.05) is 0 Å². The Kier molecular flexibility index (Phi) is 8.75. The Balaban J connectivity index is 2.23. The first-order valence-corrected chi connectivity index (χ1v) is 8.38. The summed E-state index contributed by atoms with van der Waals surface area (Å²) < 4.78 is 0. The van der Waals surface area contributed by atoms with Gasteiger partial charge >= 0.3 is 0 Å². The Hall–Kier alpha value is -0.0400. The molecule has 0 amide bonds. The van der Waals surface area contributed by atoms with Gasteiger partial charge in [-0.1, -0.05) is 65.2 Å². The van der Waals surface area contributed by atoms with E-state index in [1.54, 1.807) is 0 Å². The minimum absolute atomic E-state index is 0.949. The molecule has 3 atom stereocenters. The topological polar surface area (TPSA) is 12.0 Å². The lowest BCUT2D eigenvalue weighted by Crippen LogP contribution is -2.13. The van der Waals surface area contributed by atoms with Crippen molar-refractivity contribution in [3.8, 4) is 0 Å². The molecule has 0 heterocycles. The maximum Gasteiger partial charge on any atom is -0.00519 e. The Bertz CT molecular complexity index is 190. The van der Waals surface area contributed by atoms with E-state index in [0.717, 1.165) is 17.8 Å². The number of hydrogen-bond donors (Lipinski definition) is 1. The predicted octanol–water partition coefficient (Wildman–Crippen LogP) is 5.01. The highest BCUT2D eigenvalue weighted by atomic mass is 14.8. The molecule has 1 aliphatic carbocycles. The normalized spacial score (nSPS) is 30.5. The fraction of sp³-hybridized carbons (Fsp3) is 1.00. The van der Waals surface area contributed by atoms with Gasteiger partial charge in [-0.15, -0.1) is 0 Å². The van der Waals surface area contributed by atoms with Crippen LogP contribution in [-0.4, -0.2) is 13.6 Å². The van der Waals surface area contributed by atoms with Crippen molar-refractivity contribution in [1.82, 2.24) is 5.32 Å². The number of hydrogen-bond acceptors (Lipinski definition) is 1. The van der Waals surface area contributed by atoms with Crippen LogP contribution in [0.4, 0.5) is 0 Å². The molecule has 108 valence electrons. The minimum atomic E-state index is 0.949. The largest absolute Gasteiger partial charge is 0.320 e. The molecule has 0 saturated heterocycles. The monoisotopic (exact) mass is 253 g/mol. The van der Waals surface area contributed by atoms with Crippen LogP contribution in [0.1, 0.15) is 78.1 Å². The third kappa shape index (κ3) is 6.78. The molecule has 1 N–H and O–H groups in total. The van der Waals surface area contributed by atoms with E-state index in [1.165, 1.54) is 70.8 Å². The second-order valence-corrected chi connectivity index (χ2v) is 6.65. The highest BCUT2D eigenvalue weighted by molar-refractivity contribution is 4.71. The van der Waals surface area contributed by atoms with Crippen molar-refractivity contribution >= 4 is 0 Å². The maximum absolute atomic E-state index is 3.25. The van der Waals surface area contributed by atoms with E-state index in [4.69, 9.17) is 0 Å². The van der Waals surface area contributed by atoms with Gasteiger partial charge in [-0.3, -0.25) is 0 Å². The molecular formula is C17H35N. The van der Waals surface area contributed by atoms with Crippen molar-refractivity contribution in [2.45, 2.75) is 78.1 Å². The highest BCUT2D eigenvalue weighted by Crippen LogP contribution is 2.32. The second kappa shape index (κ2) is 9.83. The van der Waals surface area contributed by atoms with Crippen LogP contribution in [0, 0.1) is 17.8 Å². The standard InChI is InChI=1S/C17H35N/c1-15-10-6-4-7-11-17(14-16(15)2)12-8-5-9-13-18-3/h15-18H,4-14H2,1-3H3. The van der Waals surface area contributed by atoms with Gasteiger partial charge in [0.1, 0.15) is 0 Å². The van der Waals surface area contributed by atoms with Gasteiger partial charge in [0.05, 0.1) is 0 Å². The van der Waals surface area contributed by atoms with Gasteiger partial charge in [0.15, 0.2) is 0 Å². The molecule has 0 aliphatic heterocycles. The summed E-state index contributed by atoms with van der Waals surface area (Å²) in [6.45, 7) is 6.15. The first-order valence-electron chi connectivity index (χ1n) is 8.38. The highest BCUT2D eigenvalue weighted by Gasteiger charge is 2.19. The fourth-order valence-corrected chi connectivity index (χ4v) is 3.41. The first-order chi connectivity index (χ1) is 8.74. The zero-order valence-electron chi connectivity index (χ0n) is 13.0. The van der Waals surface area contributed by atoms with E-state index in [9.17, 15) is 0 Å². The summed E-state index contributed by atoms with van der Waals surface area (Å²) in [4.78, 5) is 0. The Morgan fingerprint density at radius 2 is 1.67 bits per heavy atom. The molecule has 0 spiro atoms. The average Bonchev–Trinajstić information content (AvgIpc) is 2.43. The lowest BCUT2D eigenvalue weighted by atomic mass is 9.82. The molecule has 1 saturated carbocycles. The van der Waals surface area contributed by atoms with E-state index in [1.807, 2.05) is 0 Å². The van der Waals surface area contributed by atoms with Crippen molar-refractivity contribution in [2.75, 3.05) is 13.6 Å². The van der Waals surface area contributed by atoms with Crippen molar-refractivity contribution < 1.29 is 0 Å². The number of unbranched alkanes of at least 4 members (excludes halogenated alkanes) is 2. The molecule has 0 bridgehead atoms.